The van der Waals surface area contributed by atoms with Crippen molar-refractivity contribution in [2.24, 2.45) is 0 Å². The maximum atomic E-state index is 13.3. The topological polar surface area (TPSA) is 60.9 Å². The van der Waals surface area contributed by atoms with Crippen molar-refractivity contribution in [1.82, 2.24) is 9.80 Å². The standard InChI is InChI=1S/C20H19F3N2O.C2HF3O2/c21-20(22,23)17-8-4-7-15-11-16-13-24(12-14-5-2-1-3-6-14)9-10-25(16)19(26)18(15)17;3-2(4,5)1(6)7/h1-8,16H,9-13H2;(H,6,7)/t16-;/m1./s1. The van der Waals surface area contributed by atoms with Gasteiger partial charge in [0.1, 0.15) is 0 Å². The van der Waals surface area contributed by atoms with E-state index in [-0.39, 0.29) is 11.6 Å². The highest BCUT2D eigenvalue weighted by Crippen LogP contribution is 2.37. The summed E-state index contributed by atoms with van der Waals surface area (Å²) in [4.78, 5) is 25.6. The van der Waals surface area contributed by atoms with E-state index in [0.717, 1.165) is 12.6 Å². The van der Waals surface area contributed by atoms with Crippen LogP contribution < -0.4 is 0 Å². The molecule has 33 heavy (non-hydrogen) atoms. The number of aliphatic carboxylic acids is 1. The molecule has 0 saturated carbocycles. The summed E-state index contributed by atoms with van der Waals surface area (Å²) in [6.07, 6.45) is -9.13. The van der Waals surface area contributed by atoms with E-state index in [1.54, 1.807) is 11.0 Å². The number of hydrogen-bond acceptors (Lipinski definition) is 3. The molecule has 0 bridgehead atoms. The average Bonchev–Trinajstić information content (AvgIpc) is 2.73. The van der Waals surface area contributed by atoms with Gasteiger partial charge in [0.05, 0.1) is 11.1 Å². The largest absolute Gasteiger partial charge is 0.490 e. The third kappa shape index (κ3) is 5.84. The van der Waals surface area contributed by atoms with Crippen LogP contribution in [0.15, 0.2) is 48.5 Å². The Bertz CT molecular complexity index is 1010. The lowest BCUT2D eigenvalue weighted by molar-refractivity contribution is -0.192. The number of hydrogen-bond donors (Lipinski definition) is 1. The third-order valence-corrected chi connectivity index (χ3v) is 5.44. The minimum absolute atomic E-state index is 0.0732. The number of carbonyl (C=O) groups is 2. The van der Waals surface area contributed by atoms with E-state index < -0.39 is 29.8 Å². The molecule has 0 aliphatic carbocycles. The van der Waals surface area contributed by atoms with Gasteiger partial charge in [0.15, 0.2) is 0 Å². The van der Waals surface area contributed by atoms with Gasteiger partial charge in [-0.15, -0.1) is 0 Å². The van der Waals surface area contributed by atoms with Crippen molar-refractivity contribution in [3.63, 3.8) is 0 Å². The summed E-state index contributed by atoms with van der Waals surface area (Å²) in [7, 11) is 0. The van der Waals surface area contributed by atoms with Crippen LogP contribution in [-0.2, 0) is 23.9 Å². The zero-order valence-corrected chi connectivity index (χ0v) is 17.2. The summed E-state index contributed by atoms with van der Waals surface area (Å²) in [6.45, 7) is 2.59. The molecular weight excluding hydrogens is 454 g/mol. The van der Waals surface area contributed by atoms with Gasteiger partial charge in [-0.3, -0.25) is 9.69 Å². The minimum Gasteiger partial charge on any atom is -0.475 e. The first-order valence-electron chi connectivity index (χ1n) is 9.94. The normalized spacial score (nSPS) is 18.7. The van der Waals surface area contributed by atoms with Crippen molar-refractivity contribution in [1.29, 1.82) is 0 Å². The zero-order valence-electron chi connectivity index (χ0n) is 17.2. The molecule has 1 atom stereocenters. The van der Waals surface area contributed by atoms with Crippen LogP contribution in [0.5, 0.6) is 0 Å². The molecule has 2 heterocycles. The molecule has 0 radical (unpaired) electrons. The molecule has 178 valence electrons. The van der Waals surface area contributed by atoms with Crippen LogP contribution in [0.3, 0.4) is 0 Å². The summed E-state index contributed by atoms with van der Waals surface area (Å²) in [6, 6.07) is 14.0. The smallest absolute Gasteiger partial charge is 0.475 e. The summed E-state index contributed by atoms with van der Waals surface area (Å²) in [5.41, 5.74) is 0.730. The Morgan fingerprint density at radius 3 is 2.18 bits per heavy atom. The molecule has 1 amide bonds. The predicted octanol–water partition coefficient (Wildman–Crippen LogP) is 4.22. The van der Waals surface area contributed by atoms with Crippen LogP contribution in [0.4, 0.5) is 26.3 Å². The molecule has 2 aromatic rings. The predicted molar refractivity (Wildman–Crippen MR) is 105 cm³/mol. The number of rotatable bonds is 2. The Hall–Kier alpha value is -3.08. The van der Waals surface area contributed by atoms with Crippen molar-refractivity contribution >= 4 is 11.9 Å². The molecule has 2 aromatic carbocycles. The highest BCUT2D eigenvalue weighted by molar-refractivity contribution is 5.98. The number of carbonyl (C=O) groups excluding carboxylic acids is 1. The molecule has 0 aromatic heterocycles. The maximum Gasteiger partial charge on any atom is 0.490 e. The SMILES string of the molecule is O=C(O)C(F)(F)F.O=C1c2c(cccc2C(F)(F)F)C[C@@H]2CN(Cc3ccccc3)CCN12. The van der Waals surface area contributed by atoms with E-state index in [4.69, 9.17) is 9.90 Å². The van der Waals surface area contributed by atoms with Crippen LogP contribution in [0.1, 0.15) is 27.0 Å². The van der Waals surface area contributed by atoms with Gasteiger partial charge in [0.2, 0.25) is 0 Å². The van der Waals surface area contributed by atoms with Crippen LogP contribution >= 0.6 is 0 Å². The Morgan fingerprint density at radius 1 is 0.970 bits per heavy atom. The first-order valence-corrected chi connectivity index (χ1v) is 9.94. The van der Waals surface area contributed by atoms with Crippen LogP contribution in [-0.4, -0.2) is 58.6 Å². The number of alkyl halides is 6. The van der Waals surface area contributed by atoms with Crippen LogP contribution in [0.25, 0.3) is 0 Å². The van der Waals surface area contributed by atoms with Crippen molar-refractivity contribution in [2.75, 3.05) is 19.6 Å². The third-order valence-electron chi connectivity index (χ3n) is 5.44. The van der Waals surface area contributed by atoms with Gasteiger partial charge in [-0.25, -0.2) is 4.79 Å². The van der Waals surface area contributed by atoms with Gasteiger partial charge in [0, 0.05) is 32.2 Å². The molecule has 11 heteroatoms. The van der Waals surface area contributed by atoms with E-state index in [1.165, 1.54) is 11.6 Å². The van der Waals surface area contributed by atoms with Gasteiger partial charge >= 0.3 is 18.3 Å². The van der Waals surface area contributed by atoms with Crippen molar-refractivity contribution in [3.8, 4) is 0 Å². The monoisotopic (exact) mass is 474 g/mol. The second kappa shape index (κ2) is 9.42. The van der Waals surface area contributed by atoms with E-state index in [1.807, 2.05) is 18.2 Å². The van der Waals surface area contributed by atoms with Crippen molar-refractivity contribution < 1.29 is 41.0 Å². The molecule has 1 N–H and O–H groups in total. The average molecular weight is 474 g/mol. The second-order valence-corrected chi connectivity index (χ2v) is 7.72. The van der Waals surface area contributed by atoms with E-state index >= 15 is 0 Å². The van der Waals surface area contributed by atoms with Gasteiger partial charge in [-0.05, 0) is 23.6 Å². The van der Waals surface area contributed by atoms with Crippen molar-refractivity contribution in [3.05, 3.63) is 70.8 Å². The molecular formula is C22H20F6N2O3. The summed E-state index contributed by atoms with van der Waals surface area (Å²) < 4.78 is 71.6. The van der Waals surface area contributed by atoms with E-state index in [9.17, 15) is 31.1 Å². The number of piperazine rings is 1. The lowest BCUT2D eigenvalue weighted by Crippen LogP contribution is -2.58. The Balaban J connectivity index is 0.000000383. The van der Waals surface area contributed by atoms with Crippen molar-refractivity contribution in [2.45, 2.75) is 31.4 Å². The number of halogens is 6. The quantitative estimate of drug-likeness (QED) is 0.663. The fraction of sp³-hybridized carbons (Fsp3) is 0.364. The number of nitrogens with zero attached hydrogens (tertiary/aromatic N) is 2. The summed E-state index contributed by atoms with van der Waals surface area (Å²) in [5, 5.41) is 7.12. The number of benzene rings is 2. The number of amides is 1. The number of carboxylic acid groups (broad SMARTS) is 1. The lowest BCUT2D eigenvalue weighted by atomic mass is 9.88. The van der Waals surface area contributed by atoms with Crippen LogP contribution in [0.2, 0.25) is 0 Å². The fourth-order valence-corrected chi connectivity index (χ4v) is 4.00. The molecule has 5 nitrogen and oxygen atoms in total. The maximum absolute atomic E-state index is 13.3. The molecule has 0 unspecified atom stereocenters. The minimum atomic E-state index is -5.08. The van der Waals surface area contributed by atoms with Gasteiger partial charge in [0.25, 0.3) is 5.91 Å². The Labute approximate surface area is 185 Å². The van der Waals surface area contributed by atoms with Gasteiger partial charge < -0.3 is 10.0 Å². The lowest BCUT2D eigenvalue weighted by Gasteiger charge is -2.44. The Kier molecular flexibility index (Phi) is 7.01. The molecule has 1 fully saturated rings. The van der Waals surface area contributed by atoms with Crippen LogP contribution in [0, 0.1) is 0 Å². The molecule has 1 saturated heterocycles. The number of carboxylic acids is 1. The van der Waals surface area contributed by atoms with E-state index in [0.29, 0.717) is 31.6 Å². The summed E-state index contributed by atoms with van der Waals surface area (Å²) >= 11 is 0. The van der Waals surface area contributed by atoms with Gasteiger partial charge in [-0.1, -0.05) is 42.5 Å². The Morgan fingerprint density at radius 2 is 1.61 bits per heavy atom. The summed E-state index contributed by atoms with van der Waals surface area (Å²) in [5.74, 6) is -3.24. The van der Waals surface area contributed by atoms with E-state index in [2.05, 4.69) is 17.0 Å². The van der Waals surface area contributed by atoms with Gasteiger partial charge in [-0.2, -0.15) is 26.3 Å². The first-order chi connectivity index (χ1) is 15.4. The zero-order chi connectivity index (χ0) is 24.4. The molecule has 0 spiro atoms. The molecule has 4 rings (SSSR count). The molecule has 2 aliphatic heterocycles. The first kappa shape index (κ1) is 24.6. The molecule has 2 aliphatic rings. The fourth-order valence-electron chi connectivity index (χ4n) is 4.00. The highest BCUT2D eigenvalue weighted by atomic mass is 19.4. The number of fused-ring (bicyclic) bond motifs is 2. The highest BCUT2D eigenvalue weighted by Gasteiger charge is 2.43. The second-order valence-electron chi connectivity index (χ2n) is 7.72.